The zero-order chi connectivity index (χ0) is 22.1. The van der Waals surface area contributed by atoms with Gasteiger partial charge in [0.15, 0.2) is 0 Å². The van der Waals surface area contributed by atoms with Crippen molar-refractivity contribution in [3.8, 4) is 0 Å². The molecule has 4 aromatic carbocycles. The van der Waals surface area contributed by atoms with Crippen LogP contribution in [0.2, 0.25) is 5.02 Å². The van der Waals surface area contributed by atoms with Crippen LogP contribution >= 0.6 is 11.6 Å². The van der Waals surface area contributed by atoms with Gasteiger partial charge in [-0.15, -0.1) is 0 Å². The fourth-order valence-electron chi connectivity index (χ4n) is 3.04. The lowest BCUT2D eigenvalue weighted by Gasteiger charge is -2.12. The fourth-order valence-corrected chi connectivity index (χ4v) is 5.41. The van der Waals surface area contributed by atoms with Gasteiger partial charge in [0.05, 0.1) is 21.2 Å². The van der Waals surface area contributed by atoms with E-state index in [0.717, 1.165) is 10.8 Å². The first-order valence-corrected chi connectivity index (χ1v) is 12.5. The molecule has 0 radical (unpaired) electrons. The van der Waals surface area contributed by atoms with E-state index in [0.29, 0.717) is 10.7 Å². The minimum Gasteiger partial charge on any atom is -0.280 e. The van der Waals surface area contributed by atoms with Gasteiger partial charge >= 0.3 is 0 Å². The maximum Gasteiger partial charge on any atom is 0.261 e. The molecule has 6 nitrogen and oxygen atoms in total. The zero-order valence-corrected chi connectivity index (χ0v) is 18.4. The summed E-state index contributed by atoms with van der Waals surface area (Å²) in [7, 11) is -7.86. The van der Waals surface area contributed by atoms with Gasteiger partial charge in [0, 0.05) is 5.02 Å². The van der Waals surface area contributed by atoms with Gasteiger partial charge in [-0.3, -0.25) is 9.44 Å². The number of fused-ring (bicyclic) bond motifs is 1. The molecule has 0 unspecified atom stereocenters. The topological polar surface area (TPSA) is 92.3 Å². The second-order valence-electron chi connectivity index (χ2n) is 6.76. The van der Waals surface area contributed by atoms with Gasteiger partial charge in [0.25, 0.3) is 20.0 Å². The first-order valence-electron chi connectivity index (χ1n) is 9.13. The molecule has 0 atom stereocenters. The number of nitrogens with one attached hydrogen (secondary N) is 2. The summed E-state index contributed by atoms with van der Waals surface area (Å²) in [6.45, 7) is 0. The molecule has 0 aliphatic rings. The Bertz CT molecular complexity index is 1490. The van der Waals surface area contributed by atoms with Crippen LogP contribution in [-0.2, 0) is 20.0 Å². The van der Waals surface area contributed by atoms with E-state index in [9.17, 15) is 16.8 Å². The fraction of sp³-hybridized carbons (Fsp3) is 0. The number of hydrogen-bond acceptors (Lipinski definition) is 4. The van der Waals surface area contributed by atoms with E-state index in [-0.39, 0.29) is 15.5 Å². The smallest absolute Gasteiger partial charge is 0.261 e. The van der Waals surface area contributed by atoms with E-state index in [1.54, 1.807) is 30.3 Å². The Morgan fingerprint density at radius 1 is 0.548 bits per heavy atom. The average Bonchev–Trinajstić information content (AvgIpc) is 2.73. The quantitative estimate of drug-likeness (QED) is 0.408. The van der Waals surface area contributed by atoms with Gasteiger partial charge < -0.3 is 0 Å². The maximum absolute atomic E-state index is 12.8. The highest BCUT2D eigenvalue weighted by Gasteiger charge is 2.18. The van der Waals surface area contributed by atoms with E-state index >= 15 is 0 Å². The van der Waals surface area contributed by atoms with Crippen molar-refractivity contribution in [2.75, 3.05) is 9.44 Å². The third kappa shape index (κ3) is 4.82. The van der Waals surface area contributed by atoms with Crippen LogP contribution in [0.3, 0.4) is 0 Å². The molecule has 0 saturated carbocycles. The molecule has 0 heterocycles. The van der Waals surface area contributed by atoms with Crippen molar-refractivity contribution in [1.82, 2.24) is 0 Å². The van der Waals surface area contributed by atoms with Crippen LogP contribution in [-0.4, -0.2) is 16.8 Å². The average molecular weight is 473 g/mol. The highest BCUT2D eigenvalue weighted by Crippen LogP contribution is 2.24. The summed E-state index contributed by atoms with van der Waals surface area (Å²) in [4.78, 5) is -0.0114. The number of sulfonamides is 2. The van der Waals surface area contributed by atoms with Crippen molar-refractivity contribution in [2.45, 2.75) is 9.79 Å². The Balaban J connectivity index is 1.61. The Kier molecular flexibility index (Phi) is 5.62. The molecule has 0 bridgehead atoms. The van der Waals surface area contributed by atoms with E-state index < -0.39 is 20.0 Å². The summed E-state index contributed by atoms with van der Waals surface area (Å²) in [5.74, 6) is 0. The highest BCUT2D eigenvalue weighted by atomic mass is 35.5. The van der Waals surface area contributed by atoms with Crippen LogP contribution in [0.25, 0.3) is 10.8 Å². The molecule has 31 heavy (non-hydrogen) atoms. The van der Waals surface area contributed by atoms with Gasteiger partial charge in [0.1, 0.15) is 0 Å². The van der Waals surface area contributed by atoms with Gasteiger partial charge in [-0.2, -0.15) is 0 Å². The second-order valence-corrected chi connectivity index (χ2v) is 10.6. The van der Waals surface area contributed by atoms with Crippen molar-refractivity contribution < 1.29 is 16.8 Å². The largest absolute Gasteiger partial charge is 0.280 e. The van der Waals surface area contributed by atoms with Crippen molar-refractivity contribution >= 4 is 53.8 Å². The Morgan fingerprint density at radius 2 is 1.13 bits per heavy atom. The molecular formula is C22H17ClN2O4S2. The van der Waals surface area contributed by atoms with Crippen molar-refractivity contribution in [2.24, 2.45) is 0 Å². The predicted molar refractivity (Wildman–Crippen MR) is 123 cm³/mol. The summed E-state index contributed by atoms with van der Waals surface area (Å²) < 4.78 is 56.0. The molecule has 0 spiro atoms. The van der Waals surface area contributed by atoms with Crippen LogP contribution in [0.4, 0.5) is 11.4 Å². The summed E-state index contributed by atoms with van der Waals surface area (Å²) in [5.41, 5.74) is 0.428. The molecule has 9 heteroatoms. The molecule has 0 aliphatic carbocycles. The normalized spacial score (nSPS) is 11.9. The third-order valence-electron chi connectivity index (χ3n) is 4.50. The van der Waals surface area contributed by atoms with E-state index in [4.69, 9.17) is 11.6 Å². The standard InChI is InChI=1S/C22H17ClN2O4S2/c23-18-7-3-8-19(14-18)24-30(26,27)21-10-4-9-20(15-21)25-31(28,29)22-12-11-16-5-1-2-6-17(16)13-22/h1-15,24-25H. The summed E-state index contributed by atoms with van der Waals surface area (Å²) in [6.07, 6.45) is 0. The molecular weight excluding hydrogens is 456 g/mol. The third-order valence-corrected chi connectivity index (χ3v) is 7.50. The van der Waals surface area contributed by atoms with Gasteiger partial charge in [-0.25, -0.2) is 16.8 Å². The highest BCUT2D eigenvalue weighted by molar-refractivity contribution is 7.93. The Labute approximate surface area is 185 Å². The van der Waals surface area contributed by atoms with E-state index in [1.165, 1.54) is 36.4 Å². The molecule has 2 N–H and O–H groups in total. The molecule has 0 fully saturated rings. The van der Waals surface area contributed by atoms with E-state index in [2.05, 4.69) is 9.44 Å². The monoisotopic (exact) mass is 472 g/mol. The minimum absolute atomic E-state index is 0.0801. The van der Waals surface area contributed by atoms with Crippen LogP contribution in [0, 0.1) is 0 Å². The van der Waals surface area contributed by atoms with E-state index in [1.807, 2.05) is 24.3 Å². The summed E-state index contributed by atoms with van der Waals surface area (Å²) in [5, 5.41) is 2.09. The van der Waals surface area contributed by atoms with Crippen molar-refractivity contribution in [1.29, 1.82) is 0 Å². The molecule has 158 valence electrons. The Hall–Kier alpha value is -3.07. The number of benzene rings is 4. The first kappa shape index (κ1) is 21.2. The number of hydrogen-bond donors (Lipinski definition) is 2. The summed E-state index contributed by atoms with van der Waals surface area (Å²) in [6, 6.07) is 24.1. The molecule has 0 amide bonds. The van der Waals surface area contributed by atoms with Crippen LogP contribution in [0.1, 0.15) is 0 Å². The second kappa shape index (κ2) is 8.22. The molecule has 0 aliphatic heterocycles. The lowest BCUT2D eigenvalue weighted by Crippen LogP contribution is -2.15. The SMILES string of the molecule is O=S(=O)(Nc1cccc(Cl)c1)c1cccc(NS(=O)(=O)c2ccc3ccccc3c2)c1. The predicted octanol–water partition coefficient (Wildman–Crippen LogP) is 5.09. The maximum atomic E-state index is 12.8. The zero-order valence-electron chi connectivity index (χ0n) is 16.0. The van der Waals surface area contributed by atoms with Gasteiger partial charge in [-0.05, 0) is 59.3 Å². The molecule has 0 saturated heterocycles. The molecule has 0 aromatic heterocycles. The Morgan fingerprint density at radius 3 is 1.81 bits per heavy atom. The van der Waals surface area contributed by atoms with Gasteiger partial charge in [0.2, 0.25) is 0 Å². The minimum atomic E-state index is -3.95. The number of rotatable bonds is 6. The number of anilines is 2. The van der Waals surface area contributed by atoms with Crippen LogP contribution < -0.4 is 9.44 Å². The molecule has 4 rings (SSSR count). The van der Waals surface area contributed by atoms with Gasteiger partial charge in [-0.1, -0.05) is 54.1 Å². The van der Waals surface area contributed by atoms with Crippen LogP contribution in [0.5, 0.6) is 0 Å². The van der Waals surface area contributed by atoms with Crippen molar-refractivity contribution in [3.05, 3.63) is 96.0 Å². The lowest BCUT2D eigenvalue weighted by molar-refractivity contribution is 0.598. The van der Waals surface area contributed by atoms with Crippen LogP contribution in [0.15, 0.2) is 101 Å². The first-order chi connectivity index (χ1) is 14.7. The number of halogens is 1. The summed E-state index contributed by atoms with van der Waals surface area (Å²) >= 11 is 5.90. The molecule has 4 aromatic rings. The lowest BCUT2D eigenvalue weighted by atomic mass is 10.1. The van der Waals surface area contributed by atoms with Crippen molar-refractivity contribution in [3.63, 3.8) is 0 Å².